The maximum Gasteiger partial charge on any atom is 0.289 e. The maximum absolute atomic E-state index is 12.7. The summed E-state index contributed by atoms with van der Waals surface area (Å²) in [6.45, 7) is 2.59. The van der Waals surface area contributed by atoms with Gasteiger partial charge in [-0.15, -0.1) is 5.10 Å². The molecule has 0 spiro atoms. The van der Waals surface area contributed by atoms with E-state index in [2.05, 4.69) is 20.4 Å². The molecule has 3 heterocycles. The molecule has 1 amide bonds. The zero-order valence-corrected chi connectivity index (χ0v) is 18.0. The van der Waals surface area contributed by atoms with Crippen molar-refractivity contribution in [2.45, 2.75) is 37.8 Å². The van der Waals surface area contributed by atoms with E-state index in [0.717, 1.165) is 24.2 Å². The minimum atomic E-state index is -0.162. The average Bonchev–Trinajstić information content (AvgIpc) is 3.57. The molecular formula is C22H25ClN6O2. The van der Waals surface area contributed by atoms with Crippen LogP contribution in [0.4, 0.5) is 0 Å². The summed E-state index contributed by atoms with van der Waals surface area (Å²) in [5, 5.41) is 13.5. The quantitative estimate of drug-likeness (QED) is 0.603. The van der Waals surface area contributed by atoms with E-state index in [0.29, 0.717) is 43.0 Å². The third kappa shape index (κ3) is 3.97. The maximum atomic E-state index is 12.7. The first-order valence-electron chi connectivity index (χ1n) is 10.8. The molecule has 2 fully saturated rings. The fourth-order valence-electron chi connectivity index (χ4n) is 4.72. The van der Waals surface area contributed by atoms with Gasteiger partial charge in [-0.05, 0) is 47.0 Å². The normalized spacial score (nSPS) is 19.1. The summed E-state index contributed by atoms with van der Waals surface area (Å²) < 4.78 is 7.29. The van der Waals surface area contributed by atoms with Crippen LogP contribution in [0.3, 0.4) is 0 Å². The molecule has 1 saturated carbocycles. The van der Waals surface area contributed by atoms with Crippen molar-refractivity contribution in [2.24, 2.45) is 0 Å². The molecule has 1 atom stereocenters. The number of halogens is 1. The van der Waals surface area contributed by atoms with Crippen LogP contribution in [0.15, 0.2) is 47.1 Å². The molecule has 162 valence electrons. The second kappa shape index (κ2) is 8.80. The number of tetrazole rings is 1. The summed E-state index contributed by atoms with van der Waals surface area (Å²) in [6.07, 6.45) is 6.12. The van der Waals surface area contributed by atoms with Crippen molar-refractivity contribution in [1.82, 2.24) is 30.0 Å². The van der Waals surface area contributed by atoms with Gasteiger partial charge in [0, 0.05) is 31.2 Å². The van der Waals surface area contributed by atoms with E-state index in [1.165, 1.54) is 19.1 Å². The zero-order chi connectivity index (χ0) is 21.2. The molecule has 2 aliphatic rings. The van der Waals surface area contributed by atoms with Crippen LogP contribution in [0.5, 0.6) is 0 Å². The number of hydrogen-bond acceptors (Lipinski definition) is 6. The van der Waals surface area contributed by atoms with Gasteiger partial charge in [-0.2, -0.15) is 0 Å². The van der Waals surface area contributed by atoms with Crippen LogP contribution in [0.25, 0.3) is 0 Å². The third-order valence-electron chi connectivity index (χ3n) is 6.33. The lowest BCUT2D eigenvalue weighted by Gasteiger charge is -2.39. The topological polar surface area (TPSA) is 80.3 Å². The van der Waals surface area contributed by atoms with Gasteiger partial charge < -0.3 is 9.32 Å². The predicted octanol–water partition coefficient (Wildman–Crippen LogP) is 3.58. The standard InChI is InChI=1S/C22H25ClN6O2/c23-18-9-4-3-8-17(18)20(21-24-25-26-29(21)16-6-1-2-7-16)27-11-13-28(14-12-27)22(30)19-10-5-15-31-19/h3-5,8-10,15-16,20H,1-2,6-7,11-14H2/t20-/m0/s1. The highest BCUT2D eigenvalue weighted by Gasteiger charge is 2.35. The second-order valence-electron chi connectivity index (χ2n) is 8.15. The molecule has 0 unspecified atom stereocenters. The van der Waals surface area contributed by atoms with E-state index in [9.17, 15) is 4.79 Å². The van der Waals surface area contributed by atoms with Crippen LogP contribution in [0.1, 0.15) is 59.7 Å². The largest absolute Gasteiger partial charge is 0.459 e. The number of furan rings is 1. The monoisotopic (exact) mass is 440 g/mol. The zero-order valence-electron chi connectivity index (χ0n) is 17.2. The van der Waals surface area contributed by atoms with E-state index in [1.54, 1.807) is 12.1 Å². The van der Waals surface area contributed by atoms with Gasteiger partial charge >= 0.3 is 0 Å². The molecule has 3 aromatic rings. The van der Waals surface area contributed by atoms with E-state index in [1.807, 2.05) is 33.8 Å². The Kier molecular flexibility index (Phi) is 5.74. The van der Waals surface area contributed by atoms with Crippen molar-refractivity contribution < 1.29 is 9.21 Å². The molecule has 1 saturated heterocycles. The minimum absolute atomic E-state index is 0.0743. The molecular weight excluding hydrogens is 416 g/mol. The molecule has 1 aliphatic heterocycles. The van der Waals surface area contributed by atoms with Crippen molar-refractivity contribution in [2.75, 3.05) is 26.2 Å². The Morgan fingerprint density at radius 3 is 2.55 bits per heavy atom. The highest BCUT2D eigenvalue weighted by molar-refractivity contribution is 6.31. The van der Waals surface area contributed by atoms with Crippen LogP contribution in [0.2, 0.25) is 5.02 Å². The Hall–Kier alpha value is -2.71. The van der Waals surface area contributed by atoms with E-state index >= 15 is 0 Å². The number of aromatic nitrogens is 4. The number of rotatable bonds is 5. The second-order valence-corrected chi connectivity index (χ2v) is 8.56. The summed E-state index contributed by atoms with van der Waals surface area (Å²) in [5.41, 5.74) is 0.990. The lowest BCUT2D eigenvalue weighted by Crippen LogP contribution is -2.50. The number of benzene rings is 1. The number of nitrogens with zero attached hydrogens (tertiary/aromatic N) is 6. The van der Waals surface area contributed by atoms with E-state index < -0.39 is 0 Å². The summed E-state index contributed by atoms with van der Waals surface area (Å²) in [6, 6.07) is 11.5. The van der Waals surface area contributed by atoms with Gasteiger partial charge in [0.2, 0.25) is 0 Å². The lowest BCUT2D eigenvalue weighted by molar-refractivity contribution is 0.0558. The lowest BCUT2D eigenvalue weighted by atomic mass is 10.0. The molecule has 0 bridgehead atoms. The van der Waals surface area contributed by atoms with Crippen LogP contribution in [-0.2, 0) is 0 Å². The van der Waals surface area contributed by atoms with Crippen molar-refractivity contribution in [3.63, 3.8) is 0 Å². The van der Waals surface area contributed by atoms with Gasteiger partial charge in [0.05, 0.1) is 18.3 Å². The summed E-state index contributed by atoms with van der Waals surface area (Å²) in [5.74, 6) is 1.13. The van der Waals surface area contributed by atoms with Crippen LogP contribution in [0, 0.1) is 0 Å². The van der Waals surface area contributed by atoms with E-state index in [-0.39, 0.29) is 11.9 Å². The van der Waals surface area contributed by atoms with Crippen LogP contribution in [-0.4, -0.2) is 62.1 Å². The smallest absolute Gasteiger partial charge is 0.289 e. The average molecular weight is 441 g/mol. The van der Waals surface area contributed by atoms with E-state index in [4.69, 9.17) is 16.0 Å². The molecule has 8 nitrogen and oxygen atoms in total. The fraction of sp³-hybridized carbons (Fsp3) is 0.455. The summed E-state index contributed by atoms with van der Waals surface area (Å²) >= 11 is 6.63. The Morgan fingerprint density at radius 1 is 1.06 bits per heavy atom. The molecule has 2 aromatic heterocycles. The summed E-state index contributed by atoms with van der Waals surface area (Å²) in [7, 11) is 0. The van der Waals surface area contributed by atoms with Crippen LogP contribution < -0.4 is 0 Å². The molecule has 1 aromatic carbocycles. The van der Waals surface area contributed by atoms with Gasteiger partial charge in [0.1, 0.15) is 0 Å². The van der Waals surface area contributed by atoms with Gasteiger partial charge in [-0.25, -0.2) is 4.68 Å². The first kappa shape index (κ1) is 20.2. The number of carbonyl (C=O) groups excluding carboxylic acids is 1. The molecule has 5 rings (SSSR count). The van der Waals surface area contributed by atoms with Crippen molar-refractivity contribution in [3.8, 4) is 0 Å². The van der Waals surface area contributed by atoms with Gasteiger partial charge in [0.15, 0.2) is 11.6 Å². The Bertz CT molecular complexity index is 1020. The first-order valence-corrected chi connectivity index (χ1v) is 11.2. The minimum Gasteiger partial charge on any atom is -0.459 e. The molecule has 31 heavy (non-hydrogen) atoms. The molecule has 0 N–H and O–H groups in total. The third-order valence-corrected chi connectivity index (χ3v) is 6.68. The fourth-order valence-corrected chi connectivity index (χ4v) is 4.96. The van der Waals surface area contributed by atoms with Crippen molar-refractivity contribution in [1.29, 1.82) is 0 Å². The molecule has 1 aliphatic carbocycles. The Morgan fingerprint density at radius 2 is 1.84 bits per heavy atom. The SMILES string of the molecule is O=C(c1ccco1)N1CCN([C@@H](c2ccccc2Cl)c2nnnn2C2CCCC2)CC1. The number of hydrogen-bond donors (Lipinski definition) is 0. The van der Waals surface area contributed by atoms with Crippen molar-refractivity contribution in [3.05, 3.63) is 64.8 Å². The Labute approximate surface area is 185 Å². The van der Waals surface area contributed by atoms with Gasteiger partial charge in [-0.3, -0.25) is 9.69 Å². The number of amides is 1. The number of piperazine rings is 1. The van der Waals surface area contributed by atoms with Gasteiger partial charge in [-0.1, -0.05) is 42.6 Å². The molecule has 9 heteroatoms. The number of carbonyl (C=O) groups is 1. The summed E-state index contributed by atoms with van der Waals surface area (Å²) in [4.78, 5) is 16.8. The van der Waals surface area contributed by atoms with Crippen molar-refractivity contribution >= 4 is 17.5 Å². The predicted molar refractivity (Wildman–Crippen MR) is 115 cm³/mol. The highest BCUT2D eigenvalue weighted by Crippen LogP contribution is 2.36. The first-order chi connectivity index (χ1) is 15.2. The Balaban J connectivity index is 1.42. The van der Waals surface area contributed by atoms with Crippen LogP contribution >= 0.6 is 11.6 Å². The van der Waals surface area contributed by atoms with Gasteiger partial charge in [0.25, 0.3) is 5.91 Å². The highest BCUT2D eigenvalue weighted by atomic mass is 35.5. The molecule has 0 radical (unpaired) electrons.